The van der Waals surface area contributed by atoms with E-state index in [4.69, 9.17) is 5.73 Å². The molecule has 0 aliphatic heterocycles. The van der Waals surface area contributed by atoms with Crippen LogP contribution in [-0.4, -0.2) is 32.7 Å². The molecule has 0 spiro atoms. The van der Waals surface area contributed by atoms with Crippen molar-refractivity contribution >= 4 is 11.6 Å². The van der Waals surface area contributed by atoms with E-state index in [1.807, 2.05) is 25.1 Å². The van der Waals surface area contributed by atoms with E-state index in [9.17, 15) is 4.79 Å². The number of unbranched alkanes of at least 4 members (excludes halogenated alkanes) is 2. The van der Waals surface area contributed by atoms with Gasteiger partial charge in [0.1, 0.15) is 6.33 Å². The molecule has 21 heavy (non-hydrogen) atoms. The number of hydrogen-bond acceptors (Lipinski definition) is 5. The molecule has 0 saturated carbocycles. The van der Waals surface area contributed by atoms with Crippen molar-refractivity contribution in [3.05, 3.63) is 30.1 Å². The topological polar surface area (TPSA) is 98.7 Å². The van der Waals surface area contributed by atoms with Gasteiger partial charge in [0.05, 0.1) is 5.69 Å². The maximum atomic E-state index is 11.9. The molecule has 0 fully saturated rings. The largest absolute Gasteiger partial charge is 0.330 e. The number of aromatic nitrogens is 4. The quantitative estimate of drug-likeness (QED) is 0.751. The van der Waals surface area contributed by atoms with Gasteiger partial charge in [-0.05, 0) is 54.4 Å². The maximum absolute atomic E-state index is 11.9. The zero-order valence-corrected chi connectivity index (χ0v) is 12.1. The molecular weight excluding hydrogens is 268 g/mol. The average molecular weight is 288 g/mol. The summed E-state index contributed by atoms with van der Waals surface area (Å²) >= 11 is 0. The van der Waals surface area contributed by atoms with Crippen LogP contribution in [-0.2, 0) is 4.79 Å². The van der Waals surface area contributed by atoms with E-state index in [-0.39, 0.29) is 5.91 Å². The van der Waals surface area contributed by atoms with Crippen LogP contribution in [0.25, 0.3) is 5.69 Å². The number of amides is 1. The standard InChI is InChI=1S/C14H20N6O/c1-11-6-7-12(20-10-16-18-19-20)9-13(11)17-14(21)5-3-2-4-8-15/h6-7,9-10H,2-5,8,15H2,1H3,(H,17,21). The lowest BCUT2D eigenvalue weighted by molar-refractivity contribution is -0.116. The summed E-state index contributed by atoms with van der Waals surface area (Å²) < 4.78 is 1.55. The van der Waals surface area contributed by atoms with E-state index >= 15 is 0 Å². The lowest BCUT2D eigenvalue weighted by atomic mass is 10.1. The number of anilines is 1. The molecule has 0 atom stereocenters. The predicted octanol–water partition coefficient (Wildman–Crippen LogP) is 1.43. The van der Waals surface area contributed by atoms with Crippen LogP contribution in [0.4, 0.5) is 5.69 Å². The molecule has 112 valence electrons. The Kier molecular flexibility index (Phi) is 5.39. The highest BCUT2D eigenvalue weighted by molar-refractivity contribution is 5.91. The van der Waals surface area contributed by atoms with Crippen LogP contribution in [0.15, 0.2) is 24.5 Å². The number of nitrogens with zero attached hydrogens (tertiary/aromatic N) is 4. The molecule has 1 heterocycles. The predicted molar refractivity (Wildman–Crippen MR) is 80.0 cm³/mol. The molecule has 3 N–H and O–H groups in total. The first kappa shape index (κ1) is 15.1. The Labute approximate surface area is 123 Å². The molecule has 7 heteroatoms. The number of benzene rings is 1. The van der Waals surface area contributed by atoms with Crippen molar-refractivity contribution < 1.29 is 4.79 Å². The first-order chi connectivity index (χ1) is 10.2. The lowest BCUT2D eigenvalue weighted by Gasteiger charge is -2.10. The average Bonchev–Trinajstić information content (AvgIpc) is 3.00. The smallest absolute Gasteiger partial charge is 0.224 e. The Hall–Kier alpha value is -2.28. The Morgan fingerprint density at radius 2 is 2.19 bits per heavy atom. The highest BCUT2D eigenvalue weighted by Crippen LogP contribution is 2.19. The number of carbonyl (C=O) groups excluding carboxylic acids is 1. The SMILES string of the molecule is Cc1ccc(-n2cnnn2)cc1NC(=O)CCCCCN. The zero-order valence-electron chi connectivity index (χ0n) is 12.1. The molecule has 0 unspecified atom stereocenters. The summed E-state index contributed by atoms with van der Waals surface area (Å²) in [5.41, 5.74) is 8.03. The van der Waals surface area contributed by atoms with Gasteiger partial charge in [-0.2, -0.15) is 0 Å². The summed E-state index contributed by atoms with van der Waals surface area (Å²) in [7, 11) is 0. The summed E-state index contributed by atoms with van der Waals surface area (Å²) in [4.78, 5) is 11.9. The second-order valence-corrected chi connectivity index (χ2v) is 4.90. The summed E-state index contributed by atoms with van der Waals surface area (Å²) in [6.07, 6.45) is 4.82. The fourth-order valence-corrected chi connectivity index (χ4v) is 1.99. The third kappa shape index (κ3) is 4.35. The summed E-state index contributed by atoms with van der Waals surface area (Å²) in [5.74, 6) is 0.0176. The minimum absolute atomic E-state index is 0.0176. The van der Waals surface area contributed by atoms with Crippen molar-refractivity contribution in [2.75, 3.05) is 11.9 Å². The first-order valence-electron chi connectivity index (χ1n) is 7.04. The fraction of sp³-hybridized carbons (Fsp3) is 0.429. The van der Waals surface area contributed by atoms with Gasteiger partial charge in [-0.15, -0.1) is 5.10 Å². The Balaban J connectivity index is 1.99. The molecule has 1 amide bonds. The maximum Gasteiger partial charge on any atom is 0.224 e. The lowest BCUT2D eigenvalue weighted by Crippen LogP contribution is -2.12. The second kappa shape index (κ2) is 7.49. The molecule has 2 rings (SSSR count). The highest BCUT2D eigenvalue weighted by Gasteiger charge is 2.07. The van der Waals surface area contributed by atoms with E-state index in [2.05, 4.69) is 20.8 Å². The van der Waals surface area contributed by atoms with Crippen molar-refractivity contribution in [1.29, 1.82) is 0 Å². The van der Waals surface area contributed by atoms with E-state index in [0.29, 0.717) is 13.0 Å². The van der Waals surface area contributed by atoms with Gasteiger partial charge in [-0.3, -0.25) is 4.79 Å². The number of tetrazole rings is 1. The molecule has 2 aromatic rings. The van der Waals surface area contributed by atoms with Gasteiger partial charge in [0.2, 0.25) is 5.91 Å². The van der Waals surface area contributed by atoms with E-state index < -0.39 is 0 Å². The molecule has 0 bridgehead atoms. The van der Waals surface area contributed by atoms with Gasteiger partial charge >= 0.3 is 0 Å². The summed E-state index contributed by atoms with van der Waals surface area (Å²) in [6, 6.07) is 5.70. The molecular formula is C14H20N6O. The van der Waals surface area contributed by atoms with Crippen LogP contribution >= 0.6 is 0 Å². The highest BCUT2D eigenvalue weighted by atomic mass is 16.1. The molecule has 1 aromatic carbocycles. The number of nitrogens with one attached hydrogen (secondary N) is 1. The normalized spacial score (nSPS) is 10.6. The Morgan fingerprint density at radius 3 is 2.90 bits per heavy atom. The van der Waals surface area contributed by atoms with Crippen LogP contribution in [0.3, 0.4) is 0 Å². The van der Waals surface area contributed by atoms with Crippen molar-refractivity contribution in [1.82, 2.24) is 20.2 Å². The minimum Gasteiger partial charge on any atom is -0.330 e. The zero-order chi connectivity index (χ0) is 15.1. The van der Waals surface area contributed by atoms with Crippen LogP contribution in [0.1, 0.15) is 31.2 Å². The monoisotopic (exact) mass is 288 g/mol. The Morgan fingerprint density at radius 1 is 1.33 bits per heavy atom. The molecule has 1 aromatic heterocycles. The third-order valence-corrected chi connectivity index (χ3v) is 3.22. The van der Waals surface area contributed by atoms with Crippen LogP contribution in [0, 0.1) is 6.92 Å². The summed E-state index contributed by atoms with van der Waals surface area (Å²) in [6.45, 7) is 2.63. The van der Waals surface area contributed by atoms with Gasteiger partial charge in [0.15, 0.2) is 0 Å². The number of hydrogen-bond donors (Lipinski definition) is 2. The van der Waals surface area contributed by atoms with Gasteiger partial charge in [0, 0.05) is 12.1 Å². The second-order valence-electron chi connectivity index (χ2n) is 4.90. The molecule has 0 saturated heterocycles. The number of nitrogens with two attached hydrogens (primary N) is 1. The van der Waals surface area contributed by atoms with Crippen molar-refractivity contribution in [2.24, 2.45) is 5.73 Å². The fourth-order valence-electron chi connectivity index (χ4n) is 1.99. The van der Waals surface area contributed by atoms with Crippen molar-refractivity contribution in [2.45, 2.75) is 32.6 Å². The third-order valence-electron chi connectivity index (χ3n) is 3.22. The number of carbonyl (C=O) groups is 1. The van der Waals surface area contributed by atoms with Gasteiger partial charge in [-0.1, -0.05) is 12.5 Å². The molecule has 0 aliphatic rings. The van der Waals surface area contributed by atoms with Gasteiger partial charge in [0.25, 0.3) is 0 Å². The van der Waals surface area contributed by atoms with E-state index in [1.165, 1.54) is 6.33 Å². The number of rotatable bonds is 7. The van der Waals surface area contributed by atoms with Crippen LogP contribution < -0.4 is 11.1 Å². The van der Waals surface area contributed by atoms with Crippen LogP contribution in [0.2, 0.25) is 0 Å². The first-order valence-corrected chi connectivity index (χ1v) is 7.04. The van der Waals surface area contributed by atoms with E-state index in [0.717, 1.165) is 36.2 Å². The molecule has 0 aliphatic carbocycles. The molecule has 7 nitrogen and oxygen atoms in total. The van der Waals surface area contributed by atoms with Crippen molar-refractivity contribution in [3.63, 3.8) is 0 Å². The van der Waals surface area contributed by atoms with E-state index in [1.54, 1.807) is 4.68 Å². The van der Waals surface area contributed by atoms with Crippen molar-refractivity contribution in [3.8, 4) is 5.69 Å². The summed E-state index contributed by atoms with van der Waals surface area (Å²) in [5, 5.41) is 14.0. The van der Waals surface area contributed by atoms with Gasteiger partial charge in [-0.25, -0.2) is 4.68 Å². The Bertz CT molecular complexity index is 581. The number of aryl methyl sites for hydroxylation is 1. The molecule has 0 radical (unpaired) electrons. The van der Waals surface area contributed by atoms with Gasteiger partial charge < -0.3 is 11.1 Å². The minimum atomic E-state index is 0.0176. The van der Waals surface area contributed by atoms with Crippen LogP contribution in [0.5, 0.6) is 0 Å².